The number of carbonyl (C=O) groups excluding carboxylic acids is 1. The maximum absolute atomic E-state index is 13.1. The van der Waals surface area contributed by atoms with Gasteiger partial charge >= 0.3 is 0 Å². The molecule has 3 nitrogen and oxygen atoms in total. The van der Waals surface area contributed by atoms with E-state index in [-0.39, 0.29) is 11.7 Å². The van der Waals surface area contributed by atoms with Gasteiger partial charge in [0.05, 0.1) is 15.8 Å². The lowest BCUT2D eigenvalue weighted by Gasteiger charge is -2.08. The zero-order valence-corrected chi connectivity index (χ0v) is 8.82. The van der Waals surface area contributed by atoms with Crippen molar-refractivity contribution in [1.82, 2.24) is 0 Å². The lowest BCUT2D eigenvalue weighted by Crippen LogP contribution is -2.10. The van der Waals surface area contributed by atoms with Gasteiger partial charge in [-0.25, -0.2) is 4.39 Å². The molecule has 0 aromatic heterocycles. The number of rotatable bonds is 0. The van der Waals surface area contributed by atoms with Crippen LogP contribution in [0.1, 0.15) is 6.42 Å². The Hall–Kier alpha value is -1.10. The number of nitrogens with one attached hydrogen (secondary N) is 2. The summed E-state index contributed by atoms with van der Waals surface area (Å²) in [4.78, 5) is 11.2. The Morgan fingerprint density at radius 2 is 2.14 bits per heavy atom. The fraction of sp³-hybridized carbons (Fsp3) is 0.222. The fourth-order valence-electron chi connectivity index (χ4n) is 1.32. The molecule has 0 atom stereocenters. The molecule has 14 heavy (non-hydrogen) atoms. The molecule has 1 aliphatic heterocycles. The van der Waals surface area contributed by atoms with Gasteiger partial charge in [-0.2, -0.15) is 0 Å². The molecular formula is C9H8BrFN2O. The van der Waals surface area contributed by atoms with Gasteiger partial charge in [-0.05, 0) is 22.0 Å². The van der Waals surface area contributed by atoms with E-state index in [1.54, 1.807) is 6.07 Å². The second kappa shape index (κ2) is 3.57. The first-order valence-electron chi connectivity index (χ1n) is 4.19. The number of anilines is 2. The number of amides is 1. The third-order valence-corrected chi connectivity index (χ3v) is 2.61. The first-order chi connectivity index (χ1) is 6.66. The molecule has 0 saturated carbocycles. The highest BCUT2D eigenvalue weighted by Crippen LogP contribution is 2.30. The van der Waals surface area contributed by atoms with E-state index in [1.807, 2.05) is 0 Å². The van der Waals surface area contributed by atoms with E-state index in [1.165, 1.54) is 6.07 Å². The normalized spacial score (nSPS) is 15.1. The Morgan fingerprint density at radius 3 is 2.93 bits per heavy atom. The molecule has 0 spiro atoms. The predicted molar refractivity (Wildman–Crippen MR) is 55.8 cm³/mol. The zero-order valence-electron chi connectivity index (χ0n) is 7.23. The summed E-state index contributed by atoms with van der Waals surface area (Å²) in [6.45, 7) is 0.528. The summed E-state index contributed by atoms with van der Waals surface area (Å²) in [7, 11) is 0. The fourth-order valence-corrected chi connectivity index (χ4v) is 1.66. The van der Waals surface area contributed by atoms with Gasteiger partial charge in [-0.15, -0.1) is 0 Å². The summed E-state index contributed by atoms with van der Waals surface area (Å²) in [6.07, 6.45) is 0.397. The topological polar surface area (TPSA) is 41.1 Å². The molecule has 1 aliphatic rings. The molecule has 1 amide bonds. The molecular weight excluding hydrogens is 251 g/mol. The average molecular weight is 259 g/mol. The number of hydrogen-bond acceptors (Lipinski definition) is 2. The van der Waals surface area contributed by atoms with Crippen LogP contribution in [0.15, 0.2) is 16.6 Å². The lowest BCUT2D eigenvalue weighted by atomic mass is 10.2. The maximum atomic E-state index is 13.1. The molecule has 1 aromatic rings. The van der Waals surface area contributed by atoms with Gasteiger partial charge in [-0.3, -0.25) is 4.79 Å². The molecule has 2 rings (SSSR count). The van der Waals surface area contributed by atoms with Crippen LogP contribution in [0, 0.1) is 5.82 Å². The van der Waals surface area contributed by atoms with Crippen molar-refractivity contribution < 1.29 is 9.18 Å². The monoisotopic (exact) mass is 258 g/mol. The second-order valence-electron chi connectivity index (χ2n) is 3.04. The number of halogens is 2. The Balaban J connectivity index is 2.46. The maximum Gasteiger partial charge on any atom is 0.226 e. The minimum absolute atomic E-state index is 0.0604. The van der Waals surface area contributed by atoms with E-state index >= 15 is 0 Å². The molecule has 0 unspecified atom stereocenters. The van der Waals surface area contributed by atoms with Crippen LogP contribution in [0.2, 0.25) is 0 Å². The summed E-state index contributed by atoms with van der Waals surface area (Å²) in [5.74, 6) is -0.401. The van der Waals surface area contributed by atoms with Crippen molar-refractivity contribution in [2.75, 3.05) is 17.2 Å². The minimum atomic E-state index is -0.340. The van der Waals surface area contributed by atoms with Gasteiger partial charge in [0.2, 0.25) is 5.91 Å². The van der Waals surface area contributed by atoms with Crippen molar-refractivity contribution >= 4 is 33.2 Å². The van der Waals surface area contributed by atoms with Crippen LogP contribution >= 0.6 is 15.9 Å². The van der Waals surface area contributed by atoms with Crippen molar-refractivity contribution in [2.45, 2.75) is 6.42 Å². The van der Waals surface area contributed by atoms with Crippen LogP contribution in [-0.4, -0.2) is 12.5 Å². The number of fused-ring (bicyclic) bond motifs is 1. The molecule has 0 aliphatic carbocycles. The smallest absolute Gasteiger partial charge is 0.226 e. The highest BCUT2D eigenvalue weighted by molar-refractivity contribution is 9.10. The molecule has 5 heteroatoms. The molecule has 1 heterocycles. The van der Waals surface area contributed by atoms with Gasteiger partial charge < -0.3 is 10.6 Å². The van der Waals surface area contributed by atoms with Crippen molar-refractivity contribution in [3.63, 3.8) is 0 Å². The van der Waals surface area contributed by atoms with Gasteiger partial charge in [0.15, 0.2) is 0 Å². The molecule has 1 aromatic carbocycles. The van der Waals surface area contributed by atoms with Crippen LogP contribution in [0.3, 0.4) is 0 Å². The molecule has 0 radical (unpaired) electrons. The van der Waals surface area contributed by atoms with Crippen LogP contribution in [0.25, 0.3) is 0 Å². The van der Waals surface area contributed by atoms with E-state index in [0.717, 1.165) is 0 Å². The van der Waals surface area contributed by atoms with Gasteiger partial charge in [-0.1, -0.05) is 0 Å². The van der Waals surface area contributed by atoms with Crippen LogP contribution in [-0.2, 0) is 4.79 Å². The summed E-state index contributed by atoms with van der Waals surface area (Å²) in [5.41, 5.74) is 1.23. The zero-order chi connectivity index (χ0) is 10.1. The minimum Gasteiger partial charge on any atom is -0.383 e. The predicted octanol–water partition coefficient (Wildman–Crippen LogP) is 2.34. The average Bonchev–Trinajstić information content (AvgIpc) is 2.28. The summed E-state index contributed by atoms with van der Waals surface area (Å²) in [6, 6.07) is 2.92. The Labute approximate surface area is 88.8 Å². The second-order valence-corrected chi connectivity index (χ2v) is 3.89. The van der Waals surface area contributed by atoms with E-state index in [4.69, 9.17) is 0 Å². The van der Waals surface area contributed by atoms with Gasteiger partial charge in [0, 0.05) is 19.0 Å². The van der Waals surface area contributed by atoms with Crippen molar-refractivity contribution in [3.8, 4) is 0 Å². The van der Waals surface area contributed by atoms with Crippen LogP contribution < -0.4 is 10.6 Å². The Bertz CT molecular complexity index is 395. The Kier molecular flexibility index (Phi) is 2.41. The molecule has 0 fully saturated rings. The molecule has 74 valence electrons. The molecule has 0 bridgehead atoms. The van der Waals surface area contributed by atoms with Crippen LogP contribution in [0.5, 0.6) is 0 Å². The third kappa shape index (κ3) is 1.72. The summed E-state index contributed by atoms with van der Waals surface area (Å²) < 4.78 is 13.5. The third-order valence-electron chi connectivity index (χ3n) is 2.00. The van der Waals surface area contributed by atoms with E-state index in [9.17, 15) is 9.18 Å². The highest BCUT2D eigenvalue weighted by atomic mass is 79.9. The van der Waals surface area contributed by atoms with Crippen molar-refractivity contribution in [3.05, 3.63) is 22.4 Å². The lowest BCUT2D eigenvalue weighted by molar-refractivity contribution is -0.115. The standard InChI is InChI=1S/C9H8BrFN2O/c10-5-3-8-7(4-6(5)11)12-2-1-9(14)13-8/h3-4,12H,1-2H2,(H,13,14). The van der Waals surface area contributed by atoms with Gasteiger partial charge in [0.1, 0.15) is 5.82 Å². The van der Waals surface area contributed by atoms with Gasteiger partial charge in [0.25, 0.3) is 0 Å². The van der Waals surface area contributed by atoms with Crippen molar-refractivity contribution in [1.29, 1.82) is 0 Å². The summed E-state index contributed by atoms with van der Waals surface area (Å²) >= 11 is 3.07. The number of benzene rings is 1. The van der Waals surface area contributed by atoms with E-state index < -0.39 is 0 Å². The van der Waals surface area contributed by atoms with E-state index in [0.29, 0.717) is 28.8 Å². The summed E-state index contributed by atoms with van der Waals surface area (Å²) in [5, 5.41) is 5.67. The van der Waals surface area contributed by atoms with Crippen LogP contribution in [0.4, 0.5) is 15.8 Å². The number of hydrogen-bond donors (Lipinski definition) is 2. The first kappa shape index (κ1) is 9.45. The molecule has 2 N–H and O–H groups in total. The largest absolute Gasteiger partial charge is 0.383 e. The van der Waals surface area contributed by atoms with E-state index in [2.05, 4.69) is 26.6 Å². The molecule has 0 saturated heterocycles. The van der Waals surface area contributed by atoms with Crippen molar-refractivity contribution in [2.24, 2.45) is 0 Å². The SMILES string of the molecule is O=C1CCNc2cc(F)c(Br)cc2N1. The highest BCUT2D eigenvalue weighted by Gasteiger charge is 2.14. The Morgan fingerprint density at radius 1 is 1.36 bits per heavy atom. The number of carbonyl (C=O) groups is 1. The first-order valence-corrected chi connectivity index (χ1v) is 4.99. The quantitative estimate of drug-likeness (QED) is 0.750.